The van der Waals surface area contributed by atoms with Crippen molar-refractivity contribution in [1.82, 2.24) is 15.2 Å². The van der Waals surface area contributed by atoms with E-state index in [0.29, 0.717) is 17.1 Å². The Hall–Kier alpha value is -2.37. The first-order valence-electron chi connectivity index (χ1n) is 4.89. The first-order chi connectivity index (χ1) is 8.26. The number of aromatic amines is 1. The number of aromatic nitrogens is 3. The molecule has 0 aliphatic carbocycles. The van der Waals surface area contributed by atoms with Crippen LogP contribution in [-0.2, 0) is 4.74 Å². The molecule has 0 aliphatic rings. The highest BCUT2D eigenvalue weighted by Gasteiger charge is 2.16. The second-order valence-corrected chi connectivity index (χ2v) is 3.22. The molecule has 0 spiro atoms. The van der Waals surface area contributed by atoms with Gasteiger partial charge in [0.15, 0.2) is 5.69 Å². The molecule has 2 aromatic heterocycles. The molecule has 0 saturated heterocycles. The summed E-state index contributed by atoms with van der Waals surface area (Å²) in [6.07, 6.45) is 1.52. The fourth-order valence-corrected chi connectivity index (χ4v) is 1.42. The van der Waals surface area contributed by atoms with Gasteiger partial charge in [-0.1, -0.05) is 6.07 Å². The van der Waals surface area contributed by atoms with Crippen molar-refractivity contribution >= 4 is 5.97 Å². The van der Waals surface area contributed by atoms with Crippen molar-refractivity contribution in [3.8, 4) is 17.1 Å². The van der Waals surface area contributed by atoms with Crippen LogP contribution in [0.5, 0.6) is 5.88 Å². The summed E-state index contributed by atoms with van der Waals surface area (Å²) in [6.45, 7) is 0. The van der Waals surface area contributed by atoms with E-state index < -0.39 is 5.97 Å². The maximum absolute atomic E-state index is 11.5. The summed E-state index contributed by atoms with van der Waals surface area (Å²) >= 11 is 0. The maximum atomic E-state index is 11.5. The molecule has 0 radical (unpaired) electrons. The molecule has 0 aromatic carbocycles. The van der Waals surface area contributed by atoms with Crippen LogP contribution in [0.1, 0.15) is 10.5 Å². The minimum Gasteiger partial charge on any atom is -0.481 e. The minimum atomic E-state index is -0.484. The number of nitrogens with zero attached hydrogens (tertiary/aromatic N) is 2. The van der Waals surface area contributed by atoms with Crippen LogP contribution >= 0.6 is 0 Å². The lowest BCUT2D eigenvalue weighted by molar-refractivity contribution is 0.0595. The van der Waals surface area contributed by atoms with Gasteiger partial charge >= 0.3 is 5.97 Å². The van der Waals surface area contributed by atoms with Crippen LogP contribution in [0.25, 0.3) is 11.3 Å². The second-order valence-electron chi connectivity index (χ2n) is 3.22. The van der Waals surface area contributed by atoms with Gasteiger partial charge in [-0.3, -0.25) is 5.10 Å². The highest BCUT2D eigenvalue weighted by molar-refractivity contribution is 5.94. The molecule has 6 heteroatoms. The predicted molar refractivity (Wildman–Crippen MR) is 59.7 cm³/mol. The van der Waals surface area contributed by atoms with E-state index in [2.05, 4.69) is 19.9 Å². The summed E-state index contributed by atoms with van der Waals surface area (Å²) in [6, 6.07) is 5.27. The lowest BCUT2D eigenvalue weighted by Crippen LogP contribution is -2.04. The molecule has 17 heavy (non-hydrogen) atoms. The molecule has 2 heterocycles. The smallest absolute Gasteiger partial charge is 0.356 e. The molecule has 88 valence electrons. The lowest BCUT2D eigenvalue weighted by Gasteiger charge is -2.03. The van der Waals surface area contributed by atoms with Gasteiger partial charge in [-0.25, -0.2) is 9.78 Å². The number of nitrogens with one attached hydrogen (secondary N) is 1. The van der Waals surface area contributed by atoms with Crippen LogP contribution in [0.15, 0.2) is 24.4 Å². The van der Waals surface area contributed by atoms with Gasteiger partial charge in [0.2, 0.25) is 5.88 Å². The summed E-state index contributed by atoms with van der Waals surface area (Å²) in [5.74, 6) is -0.0124. The fraction of sp³-hybridized carbons (Fsp3) is 0.182. The number of pyridine rings is 1. The van der Waals surface area contributed by atoms with Crippen LogP contribution in [0, 0.1) is 0 Å². The van der Waals surface area contributed by atoms with Gasteiger partial charge in [0.05, 0.1) is 31.7 Å². The molecule has 2 rings (SSSR count). The van der Waals surface area contributed by atoms with Gasteiger partial charge in [-0.15, -0.1) is 0 Å². The van der Waals surface area contributed by atoms with Gasteiger partial charge in [0, 0.05) is 6.07 Å². The molecular weight excluding hydrogens is 222 g/mol. The molecule has 0 fully saturated rings. The second kappa shape index (κ2) is 4.65. The minimum absolute atomic E-state index is 0.272. The van der Waals surface area contributed by atoms with Crippen molar-refractivity contribution in [1.29, 1.82) is 0 Å². The third-order valence-corrected chi connectivity index (χ3v) is 2.24. The molecule has 6 nitrogen and oxygen atoms in total. The van der Waals surface area contributed by atoms with Crippen molar-refractivity contribution in [2.75, 3.05) is 14.2 Å². The molecule has 1 N–H and O–H groups in total. The SMILES string of the molecule is COC(=O)c1[nH]ncc1-c1cccc(OC)n1. The number of esters is 1. The summed E-state index contributed by atoms with van der Waals surface area (Å²) < 4.78 is 9.67. The van der Waals surface area contributed by atoms with Crippen molar-refractivity contribution in [3.05, 3.63) is 30.1 Å². The van der Waals surface area contributed by atoms with E-state index in [-0.39, 0.29) is 5.69 Å². The number of hydrogen-bond acceptors (Lipinski definition) is 5. The molecule has 0 amide bonds. The van der Waals surface area contributed by atoms with Crippen molar-refractivity contribution in [3.63, 3.8) is 0 Å². The third-order valence-electron chi connectivity index (χ3n) is 2.24. The Morgan fingerprint density at radius 2 is 2.18 bits per heavy atom. The average Bonchev–Trinajstić information content (AvgIpc) is 2.87. The first-order valence-corrected chi connectivity index (χ1v) is 4.89. The van der Waals surface area contributed by atoms with Gasteiger partial charge in [-0.2, -0.15) is 5.10 Å². The molecule has 0 atom stereocenters. The van der Waals surface area contributed by atoms with Crippen LogP contribution < -0.4 is 4.74 Å². The van der Waals surface area contributed by atoms with Gasteiger partial charge in [-0.05, 0) is 6.07 Å². The predicted octanol–water partition coefficient (Wildman–Crippen LogP) is 1.27. The van der Waals surface area contributed by atoms with E-state index in [4.69, 9.17) is 4.74 Å². The zero-order chi connectivity index (χ0) is 12.3. The van der Waals surface area contributed by atoms with Crippen molar-refractivity contribution in [2.24, 2.45) is 0 Å². The van der Waals surface area contributed by atoms with E-state index in [1.54, 1.807) is 18.2 Å². The molecule has 0 saturated carbocycles. The Morgan fingerprint density at radius 3 is 2.88 bits per heavy atom. The normalized spacial score (nSPS) is 10.0. The number of H-pyrrole nitrogens is 1. The quantitative estimate of drug-likeness (QED) is 0.808. The van der Waals surface area contributed by atoms with Crippen LogP contribution in [0.4, 0.5) is 0 Å². The van der Waals surface area contributed by atoms with E-state index in [0.717, 1.165) is 0 Å². The van der Waals surface area contributed by atoms with Gasteiger partial charge < -0.3 is 9.47 Å². The fourth-order valence-electron chi connectivity index (χ4n) is 1.42. The molecular formula is C11H11N3O3. The van der Waals surface area contributed by atoms with Crippen molar-refractivity contribution < 1.29 is 14.3 Å². The number of hydrogen-bond donors (Lipinski definition) is 1. The first kappa shape index (κ1) is 11.1. The van der Waals surface area contributed by atoms with E-state index in [9.17, 15) is 4.79 Å². The van der Waals surface area contributed by atoms with E-state index >= 15 is 0 Å². The standard InChI is InChI=1S/C11H11N3O3/c1-16-9-5-3-4-8(13-9)7-6-12-14-10(7)11(15)17-2/h3-6H,1-2H3,(H,12,14). The lowest BCUT2D eigenvalue weighted by atomic mass is 10.1. The summed E-state index contributed by atoms with van der Waals surface area (Å²) in [7, 11) is 2.84. The summed E-state index contributed by atoms with van der Waals surface area (Å²) in [5.41, 5.74) is 1.45. The van der Waals surface area contributed by atoms with Crippen LogP contribution in [0.3, 0.4) is 0 Å². The largest absolute Gasteiger partial charge is 0.481 e. The van der Waals surface area contributed by atoms with Crippen molar-refractivity contribution in [2.45, 2.75) is 0 Å². The maximum Gasteiger partial charge on any atom is 0.356 e. The highest BCUT2D eigenvalue weighted by Crippen LogP contribution is 2.22. The monoisotopic (exact) mass is 233 g/mol. The molecule has 2 aromatic rings. The number of rotatable bonds is 3. The van der Waals surface area contributed by atoms with Gasteiger partial charge in [0.1, 0.15) is 0 Å². The Kier molecular flexibility index (Phi) is 3.04. The summed E-state index contributed by atoms with van der Waals surface area (Å²) in [4.78, 5) is 15.7. The van der Waals surface area contributed by atoms with E-state index in [1.165, 1.54) is 20.4 Å². The zero-order valence-corrected chi connectivity index (χ0v) is 9.43. The van der Waals surface area contributed by atoms with Crippen LogP contribution in [-0.4, -0.2) is 35.4 Å². The highest BCUT2D eigenvalue weighted by atomic mass is 16.5. The number of carbonyl (C=O) groups is 1. The third kappa shape index (κ3) is 2.10. The number of ether oxygens (including phenoxy) is 2. The van der Waals surface area contributed by atoms with Crippen LogP contribution in [0.2, 0.25) is 0 Å². The topological polar surface area (TPSA) is 77.1 Å². The summed E-state index contributed by atoms with van der Waals surface area (Å²) in [5, 5.41) is 6.40. The molecule has 0 unspecified atom stereocenters. The average molecular weight is 233 g/mol. The Labute approximate surface area is 97.6 Å². The molecule has 0 aliphatic heterocycles. The number of carbonyl (C=O) groups excluding carboxylic acids is 1. The number of methoxy groups -OCH3 is 2. The Morgan fingerprint density at radius 1 is 1.35 bits per heavy atom. The van der Waals surface area contributed by atoms with E-state index in [1.807, 2.05) is 0 Å². The Bertz CT molecular complexity index is 536. The Balaban J connectivity index is 2.45. The molecule has 0 bridgehead atoms. The zero-order valence-electron chi connectivity index (χ0n) is 9.43. The van der Waals surface area contributed by atoms with Gasteiger partial charge in [0.25, 0.3) is 0 Å².